The normalized spacial score (nSPS) is 12.7. The predicted molar refractivity (Wildman–Crippen MR) is 70.8 cm³/mol. The highest BCUT2D eigenvalue weighted by Crippen LogP contribution is 2.30. The molecule has 0 fully saturated rings. The fourth-order valence-corrected chi connectivity index (χ4v) is 3.42. The molecule has 1 unspecified atom stereocenters. The first-order valence-electron chi connectivity index (χ1n) is 4.81. The number of hydrogen-bond acceptors (Lipinski definition) is 4. The van der Waals surface area contributed by atoms with Crippen LogP contribution >= 0.6 is 34.3 Å². The Morgan fingerprint density at radius 1 is 1.50 bits per heavy atom. The lowest BCUT2D eigenvalue weighted by molar-refractivity contribution is 0.416. The topological polar surface area (TPSA) is 35.2 Å². The summed E-state index contributed by atoms with van der Waals surface area (Å²) in [5, 5.41) is 1.97. The second kappa shape index (κ2) is 5.19. The molecule has 0 aliphatic rings. The summed E-state index contributed by atoms with van der Waals surface area (Å²) >= 11 is 9.09. The lowest BCUT2D eigenvalue weighted by Crippen LogP contribution is -2.10. The summed E-state index contributed by atoms with van der Waals surface area (Å²) in [6.07, 6.45) is 0.820. The minimum absolute atomic E-state index is 0.0172. The fourth-order valence-electron chi connectivity index (χ4n) is 1.41. The van der Waals surface area contributed by atoms with Gasteiger partial charge in [0.05, 0.1) is 11.4 Å². The Labute approximate surface area is 108 Å². The van der Waals surface area contributed by atoms with E-state index in [0.717, 1.165) is 21.4 Å². The first-order valence-corrected chi connectivity index (χ1v) is 6.88. The number of thiophene rings is 2. The molecule has 0 aliphatic heterocycles. The van der Waals surface area contributed by atoms with Crippen LogP contribution in [0.5, 0.6) is 5.75 Å². The number of methoxy groups -OCH3 is 1. The van der Waals surface area contributed by atoms with Gasteiger partial charge < -0.3 is 10.5 Å². The molecule has 0 spiro atoms. The summed E-state index contributed by atoms with van der Waals surface area (Å²) in [5.41, 5.74) is 6.12. The smallest absolute Gasteiger partial charge is 0.129 e. The molecule has 86 valence electrons. The van der Waals surface area contributed by atoms with Gasteiger partial charge in [-0.3, -0.25) is 0 Å². The molecule has 0 amide bonds. The molecule has 0 radical (unpaired) electrons. The Morgan fingerprint density at radius 2 is 2.31 bits per heavy atom. The molecule has 2 aromatic heterocycles. The highest BCUT2D eigenvalue weighted by Gasteiger charge is 2.11. The summed E-state index contributed by atoms with van der Waals surface area (Å²) in [6.45, 7) is 0. The van der Waals surface area contributed by atoms with E-state index in [0.29, 0.717) is 0 Å². The molecule has 0 aliphatic carbocycles. The van der Waals surface area contributed by atoms with Gasteiger partial charge >= 0.3 is 0 Å². The van der Waals surface area contributed by atoms with E-state index in [1.54, 1.807) is 29.8 Å². The van der Waals surface area contributed by atoms with E-state index in [-0.39, 0.29) is 6.04 Å². The third-order valence-electron chi connectivity index (χ3n) is 2.25. The summed E-state index contributed by atoms with van der Waals surface area (Å²) in [7, 11) is 1.66. The third-order valence-corrected chi connectivity index (χ3v) is 4.54. The summed E-state index contributed by atoms with van der Waals surface area (Å²) in [4.78, 5) is 2.35. The summed E-state index contributed by atoms with van der Waals surface area (Å²) in [6, 6.07) is 5.94. The van der Waals surface area contributed by atoms with Gasteiger partial charge in [-0.15, -0.1) is 22.7 Å². The Hall–Kier alpha value is -0.550. The van der Waals surface area contributed by atoms with Gasteiger partial charge in [-0.2, -0.15) is 0 Å². The Morgan fingerprint density at radius 3 is 2.88 bits per heavy atom. The van der Waals surface area contributed by atoms with Crippen molar-refractivity contribution in [2.24, 2.45) is 5.73 Å². The van der Waals surface area contributed by atoms with Crippen molar-refractivity contribution in [1.29, 1.82) is 0 Å². The van der Waals surface area contributed by atoms with Crippen molar-refractivity contribution in [1.82, 2.24) is 0 Å². The number of nitrogens with two attached hydrogens (primary N) is 1. The molecule has 2 N–H and O–H groups in total. The molecule has 0 saturated carbocycles. The van der Waals surface area contributed by atoms with Crippen LogP contribution < -0.4 is 10.5 Å². The highest BCUT2D eigenvalue weighted by molar-refractivity contribution is 7.16. The largest absolute Gasteiger partial charge is 0.496 e. The van der Waals surface area contributed by atoms with E-state index in [1.165, 1.54) is 4.88 Å². The maximum atomic E-state index is 6.12. The molecule has 2 nitrogen and oxygen atoms in total. The Balaban J connectivity index is 2.05. The van der Waals surface area contributed by atoms with Gasteiger partial charge in [0.15, 0.2) is 0 Å². The second-order valence-corrected chi connectivity index (χ2v) is 6.15. The van der Waals surface area contributed by atoms with Crippen LogP contribution in [0.4, 0.5) is 0 Å². The second-order valence-electron chi connectivity index (χ2n) is 3.41. The van der Waals surface area contributed by atoms with Crippen LogP contribution in [0.2, 0.25) is 4.34 Å². The average Bonchev–Trinajstić information content (AvgIpc) is 2.87. The first kappa shape index (κ1) is 11.9. The summed E-state index contributed by atoms with van der Waals surface area (Å²) in [5.74, 6) is 0.875. The molecule has 2 rings (SSSR count). The number of halogens is 1. The van der Waals surface area contributed by atoms with Gasteiger partial charge in [0.2, 0.25) is 0 Å². The van der Waals surface area contributed by atoms with E-state index in [9.17, 15) is 0 Å². The highest BCUT2D eigenvalue weighted by atomic mass is 35.5. The predicted octanol–water partition coefficient (Wildman–Crippen LogP) is 3.71. The Bertz CT molecular complexity index is 466. The molecule has 2 aromatic rings. The molecule has 5 heteroatoms. The minimum atomic E-state index is 0.0172. The van der Waals surface area contributed by atoms with Gasteiger partial charge in [-0.25, -0.2) is 0 Å². The van der Waals surface area contributed by atoms with Gasteiger partial charge in [0.1, 0.15) is 5.75 Å². The van der Waals surface area contributed by atoms with Crippen LogP contribution in [0.15, 0.2) is 23.6 Å². The van der Waals surface area contributed by atoms with Crippen molar-refractivity contribution in [2.75, 3.05) is 7.11 Å². The molecule has 0 bridgehead atoms. The van der Waals surface area contributed by atoms with Crippen molar-refractivity contribution < 1.29 is 4.74 Å². The van der Waals surface area contributed by atoms with Crippen LogP contribution in [0.1, 0.15) is 15.8 Å². The maximum absolute atomic E-state index is 6.12. The minimum Gasteiger partial charge on any atom is -0.496 e. The maximum Gasteiger partial charge on any atom is 0.129 e. The number of hydrogen-bond donors (Lipinski definition) is 1. The average molecular weight is 274 g/mol. The quantitative estimate of drug-likeness (QED) is 0.922. The Kier molecular flexibility index (Phi) is 3.86. The molecular weight excluding hydrogens is 262 g/mol. The standard InChI is InChI=1S/C11H12ClNOS2/c1-14-7-4-10(15-6-7)9(13)5-8-2-3-11(12)16-8/h2-4,6,9H,5,13H2,1H3. The van der Waals surface area contributed by atoms with Crippen LogP contribution in [0, 0.1) is 0 Å². The van der Waals surface area contributed by atoms with Crippen molar-refractivity contribution in [3.63, 3.8) is 0 Å². The lowest BCUT2D eigenvalue weighted by atomic mass is 10.1. The van der Waals surface area contributed by atoms with Crippen molar-refractivity contribution >= 4 is 34.3 Å². The molecule has 2 heterocycles. The molecule has 16 heavy (non-hydrogen) atoms. The monoisotopic (exact) mass is 273 g/mol. The fraction of sp³-hybridized carbons (Fsp3) is 0.273. The van der Waals surface area contributed by atoms with Crippen LogP contribution in [0.25, 0.3) is 0 Å². The third kappa shape index (κ3) is 2.77. The van der Waals surface area contributed by atoms with Crippen LogP contribution in [-0.2, 0) is 6.42 Å². The van der Waals surface area contributed by atoms with Crippen LogP contribution in [0.3, 0.4) is 0 Å². The van der Waals surface area contributed by atoms with E-state index in [4.69, 9.17) is 22.1 Å². The molecule has 0 saturated heterocycles. The van der Waals surface area contributed by atoms with Gasteiger partial charge in [-0.1, -0.05) is 11.6 Å². The molecular formula is C11H12ClNOS2. The van der Waals surface area contributed by atoms with Crippen LogP contribution in [-0.4, -0.2) is 7.11 Å². The zero-order valence-electron chi connectivity index (χ0n) is 8.77. The van der Waals surface area contributed by atoms with E-state index in [1.807, 2.05) is 23.6 Å². The zero-order chi connectivity index (χ0) is 11.5. The van der Waals surface area contributed by atoms with Gasteiger partial charge in [0, 0.05) is 27.6 Å². The number of rotatable bonds is 4. The molecule has 0 aromatic carbocycles. The number of ether oxygens (including phenoxy) is 1. The SMILES string of the molecule is COc1csc(C(N)Cc2ccc(Cl)s2)c1. The molecule has 1 atom stereocenters. The van der Waals surface area contributed by atoms with E-state index in [2.05, 4.69) is 0 Å². The van der Waals surface area contributed by atoms with Crippen molar-refractivity contribution in [3.05, 3.63) is 37.7 Å². The van der Waals surface area contributed by atoms with Crippen molar-refractivity contribution in [3.8, 4) is 5.75 Å². The van der Waals surface area contributed by atoms with Gasteiger partial charge in [0.25, 0.3) is 0 Å². The van der Waals surface area contributed by atoms with E-state index < -0.39 is 0 Å². The van der Waals surface area contributed by atoms with Crippen molar-refractivity contribution in [2.45, 2.75) is 12.5 Å². The lowest BCUT2D eigenvalue weighted by Gasteiger charge is -2.06. The van der Waals surface area contributed by atoms with Gasteiger partial charge in [-0.05, 0) is 18.2 Å². The van der Waals surface area contributed by atoms with E-state index >= 15 is 0 Å². The first-order chi connectivity index (χ1) is 7.69. The zero-order valence-corrected chi connectivity index (χ0v) is 11.2. The summed E-state index contributed by atoms with van der Waals surface area (Å²) < 4.78 is 5.95.